The van der Waals surface area contributed by atoms with Gasteiger partial charge >= 0.3 is 0 Å². The van der Waals surface area contributed by atoms with Gasteiger partial charge in [-0.25, -0.2) is 0 Å². The van der Waals surface area contributed by atoms with Gasteiger partial charge in [0.25, 0.3) is 0 Å². The predicted molar refractivity (Wildman–Crippen MR) is 8.14 cm³/mol. The largest absolute Gasteiger partial charge is 0.197 e. The fourth-order valence-corrected chi connectivity index (χ4v) is 0. The molecule has 0 rings (SSSR count). The maximum atomic E-state index is 7.83. The normalized spacial score (nSPS) is 1.00. The summed E-state index contributed by atoms with van der Waals surface area (Å²) in [5.74, 6) is 0. The SMILES string of the molecule is O=S.[La].[Y]. The Morgan fingerprint density at radius 3 is 1.25 bits per heavy atom. The van der Waals surface area contributed by atoms with E-state index in [9.17, 15) is 0 Å². The molecule has 0 aliphatic rings. The van der Waals surface area contributed by atoms with Gasteiger partial charge in [0.15, 0.2) is 12.5 Å². The molecule has 0 aliphatic carbocycles. The molecule has 1 nitrogen and oxygen atoms in total. The topological polar surface area (TPSA) is 17.1 Å². The molecule has 0 N–H and O–H groups in total. The Morgan fingerprint density at radius 2 is 1.25 bits per heavy atom. The minimum atomic E-state index is 0. The molecule has 0 bridgehead atoms. The Labute approximate surface area is 83.3 Å². The molecule has 4 heteroatoms. The van der Waals surface area contributed by atoms with Crippen molar-refractivity contribution in [1.29, 1.82) is 0 Å². The Kier molecular flexibility index (Phi) is 74.9. The zero-order valence-corrected chi connectivity index (χ0v) is 9.25. The molecule has 0 heterocycles. The molecular formula is LaOSY. The van der Waals surface area contributed by atoms with Gasteiger partial charge in [-0.1, -0.05) is 0 Å². The molecule has 18 valence electrons. The minimum Gasteiger partial charge on any atom is -0.197 e. The van der Waals surface area contributed by atoms with Gasteiger partial charge in [0.2, 0.25) is 0 Å². The van der Waals surface area contributed by atoms with Crippen LogP contribution in [0, 0.1) is 35.6 Å². The second-order valence-corrected chi connectivity index (χ2v) is 0. The Hall–Kier alpha value is 2.32. The van der Waals surface area contributed by atoms with Crippen LogP contribution in [0.25, 0.3) is 0 Å². The Balaban J connectivity index is -0.00000000500. The average molecular weight is 276 g/mol. The first-order chi connectivity index (χ1) is 1.00. The summed E-state index contributed by atoms with van der Waals surface area (Å²) < 4.78 is 7.83. The predicted octanol–water partition coefficient (Wildman–Crippen LogP) is -0.339. The maximum Gasteiger partial charge on any atom is 0.197 e. The van der Waals surface area contributed by atoms with Crippen LogP contribution in [0.1, 0.15) is 0 Å². The fraction of sp³-hybridized carbons (Fsp3) is 0. The summed E-state index contributed by atoms with van der Waals surface area (Å²) in [6, 6.07) is 0. The van der Waals surface area contributed by atoms with Gasteiger partial charge in [-0.05, 0) is 0 Å². The molecule has 0 atom stereocenters. The second kappa shape index (κ2) is 18.5. The molecule has 0 aromatic carbocycles. The molecule has 4 heavy (non-hydrogen) atoms. The summed E-state index contributed by atoms with van der Waals surface area (Å²) in [4.78, 5) is 0. The van der Waals surface area contributed by atoms with E-state index in [4.69, 9.17) is 4.21 Å². The molecule has 0 unspecified atom stereocenters. The van der Waals surface area contributed by atoms with E-state index < -0.39 is 0 Å². The van der Waals surface area contributed by atoms with Crippen LogP contribution in [-0.4, -0.2) is 4.21 Å². The van der Waals surface area contributed by atoms with E-state index in [1.165, 1.54) is 0 Å². The number of hydrogen-bond acceptors (Lipinski definition) is 2. The van der Waals surface area contributed by atoms with Crippen molar-refractivity contribution in [3.8, 4) is 0 Å². The standard InChI is InChI=1S/La.OS.Y/c;1-2;. The fourth-order valence-electron chi connectivity index (χ4n) is 0. The van der Waals surface area contributed by atoms with Gasteiger partial charge in [-0.15, -0.1) is 0 Å². The van der Waals surface area contributed by atoms with E-state index in [0.717, 1.165) is 0 Å². The monoisotopic (exact) mass is 276 g/mol. The third kappa shape index (κ3) is 8.85. The summed E-state index contributed by atoms with van der Waals surface area (Å²) in [5.41, 5.74) is 0. The summed E-state index contributed by atoms with van der Waals surface area (Å²) in [6.07, 6.45) is 0. The molecule has 0 fully saturated rings. The molecule has 0 saturated carbocycles. The zero-order valence-electron chi connectivity index (χ0n) is 1.97. The van der Waals surface area contributed by atoms with Gasteiger partial charge in [-0.3, -0.25) is 0 Å². The van der Waals surface area contributed by atoms with E-state index in [2.05, 4.69) is 12.5 Å². The first-order valence-corrected chi connectivity index (χ1v) is 0.500. The summed E-state index contributed by atoms with van der Waals surface area (Å²) in [7, 11) is 0. The van der Waals surface area contributed by atoms with E-state index in [-0.39, 0.29) is 68.3 Å². The average Bonchev–Trinajstić information content (AvgIpc) is 1.00. The molecular weight excluding hydrogens is 276 g/mol. The first-order valence-electron chi connectivity index (χ1n) is 0.167. The molecule has 0 aromatic rings. The third-order valence-corrected chi connectivity index (χ3v) is 0. The van der Waals surface area contributed by atoms with Crippen molar-refractivity contribution in [2.24, 2.45) is 0 Å². The van der Waals surface area contributed by atoms with E-state index in [0.29, 0.717) is 0 Å². The van der Waals surface area contributed by atoms with Crippen LogP contribution in [0.4, 0.5) is 0 Å². The van der Waals surface area contributed by atoms with Crippen LogP contribution in [0.15, 0.2) is 0 Å². The van der Waals surface area contributed by atoms with Crippen LogP contribution < -0.4 is 0 Å². The molecule has 0 saturated heterocycles. The summed E-state index contributed by atoms with van der Waals surface area (Å²) in [6.45, 7) is 0. The number of hydrogen-bond donors (Lipinski definition) is 0. The van der Waals surface area contributed by atoms with Crippen molar-refractivity contribution < 1.29 is 72.5 Å². The van der Waals surface area contributed by atoms with Crippen molar-refractivity contribution in [1.82, 2.24) is 0 Å². The first kappa shape index (κ1) is 16.2. The van der Waals surface area contributed by atoms with Crippen LogP contribution in [0.3, 0.4) is 0 Å². The molecule has 0 amide bonds. The van der Waals surface area contributed by atoms with Crippen LogP contribution >= 0.6 is 0 Å². The zero-order chi connectivity index (χ0) is 2.00. The quantitative estimate of drug-likeness (QED) is 0.602. The van der Waals surface area contributed by atoms with Gasteiger partial charge < -0.3 is 0 Å². The van der Waals surface area contributed by atoms with E-state index in [1.807, 2.05) is 0 Å². The van der Waals surface area contributed by atoms with Crippen LogP contribution in [0.5, 0.6) is 0 Å². The molecule has 2 radical (unpaired) electrons. The molecule has 0 spiro atoms. The maximum absolute atomic E-state index is 7.83. The van der Waals surface area contributed by atoms with Crippen LogP contribution in [-0.2, 0) is 45.2 Å². The minimum absolute atomic E-state index is 0. The summed E-state index contributed by atoms with van der Waals surface area (Å²) in [5, 5.41) is 0. The Morgan fingerprint density at radius 1 is 1.25 bits per heavy atom. The van der Waals surface area contributed by atoms with Gasteiger partial charge in [0.05, 0.1) is 0 Å². The van der Waals surface area contributed by atoms with Crippen molar-refractivity contribution >= 4 is 12.5 Å². The number of rotatable bonds is 0. The van der Waals surface area contributed by atoms with Gasteiger partial charge in [0, 0.05) is 68.3 Å². The second-order valence-electron chi connectivity index (χ2n) is 0. The molecule has 0 aromatic heterocycles. The van der Waals surface area contributed by atoms with Gasteiger partial charge in [-0.2, -0.15) is 4.21 Å². The van der Waals surface area contributed by atoms with Crippen molar-refractivity contribution in [2.45, 2.75) is 0 Å². The van der Waals surface area contributed by atoms with Crippen LogP contribution in [0.2, 0.25) is 0 Å². The smallest absolute Gasteiger partial charge is 0.197 e. The van der Waals surface area contributed by atoms with Crippen molar-refractivity contribution in [3.63, 3.8) is 0 Å². The Bertz CT molecular complexity index is 8.00. The van der Waals surface area contributed by atoms with E-state index >= 15 is 0 Å². The van der Waals surface area contributed by atoms with Crippen molar-refractivity contribution in [2.75, 3.05) is 0 Å². The molecule has 0 aliphatic heterocycles. The van der Waals surface area contributed by atoms with Crippen molar-refractivity contribution in [3.05, 3.63) is 0 Å². The van der Waals surface area contributed by atoms with E-state index in [1.54, 1.807) is 0 Å². The van der Waals surface area contributed by atoms with Gasteiger partial charge in [0.1, 0.15) is 0 Å². The third-order valence-electron chi connectivity index (χ3n) is 0. The summed E-state index contributed by atoms with van der Waals surface area (Å²) >= 11 is 2.83.